The number of rotatable bonds is 5. The summed E-state index contributed by atoms with van der Waals surface area (Å²) in [5.41, 5.74) is 0.706. The molecule has 2 aliphatic rings. The van der Waals surface area contributed by atoms with Gasteiger partial charge in [-0.1, -0.05) is 6.07 Å². The minimum Gasteiger partial charge on any atom is -0.383 e. The number of halogens is 2. The van der Waals surface area contributed by atoms with Crippen LogP contribution in [0.1, 0.15) is 5.56 Å². The van der Waals surface area contributed by atoms with Gasteiger partial charge in [-0.05, 0) is 17.7 Å². The number of carbonyl (C=O) groups is 1. The molecule has 3 rings (SSSR count). The number of amides is 1. The fraction of sp³-hybridized carbons (Fsp3) is 0.562. The lowest BCUT2D eigenvalue weighted by Crippen LogP contribution is -2.54. The predicted molar refractivity (Wildman–Crippen MR) is 78.8 cm³/mol. The summed E-state index contributed by atoms with van der Waals surface area (Å²) in [6, 6.07) is 3.91. The first kappa shape index (κ1) is 16.3. The third-order valence-corrected chi connectivity index (χ3v) is 4.38. The zero-order chi connectivity index (χ0) is 16.4. The molecule has 0 spiro atoms. The third-order valence-electron chi connectivity index (χ3n) is 4.38. The monoisotopic (exact) mass is 326 g/mol. The number of fused-ring (bicyclic) bond motifs is 1. The lowest BCUT2D eigenvalue weighted by atomic mass is 10.1. The van der Waals surface area contributed by atoms with Crippen molar-refractivity contribution in [2.24, 2.45) is 0 Å². The summed E-state index contributed by atoms with van der Waals surface area (Å²) in [6.07, 6.45) is -0.0464. The van der Waals surface area contributed by atoms with Gasteiger partial charge in [0.05, 0.1) is 18.8 Å². The van der Waals surface area contributed by atoms with E-state index in [0.717, 1.165) is 6.07 Å². The summed E-state index contributed by atoms with van der Waals surface area (Å²) >= 11 is 0. The summed E-state index contributed by atoms with van der Waals surface area (Å²) < 4.78 is 37.0. The standard InChI is InChI=1S/C16H20F2N2O3/c1-22-5-4-20-14-8-19(9-15(14)23-10-16(20)21)7-11-2-3-12(17)13(18)6-11/h2-3,6,14-15H,4-5,7-10H2,1H3/t14-,15+/m1/s1. The number of methoxy groups -OCH3 is 1. The zero-order valence-corrected chi connectivity index (χ0v) is 13.0. The highest BCUT2D eigenvalue weighted by Crippen LogP contribution is 2.25. The quantitative estimate of drug-likeness (QED) is 0.810. The number of hydrogen-bond donors (Lipinski definition) is 0. The topological polar surface area (TPSA) is 42.0 Å². The van der Waals surface area contributed by atoms with Gasteiger partial charge in [0, 0.05) is 33.3 Å². The molecular weight excluding hydrogens is 306 g/mol. The zero-order valence-electron chi connectivity index (χ0n) is 13.0. The SMILES string of the molecule is COCCN1C(=O)CO[C@H]2CN(Cc3ccc(F)c(F)c3)C[C@H]21. The Morgan fingerprint density at radius 3 is 2.87 bits per heavy atom. The molecule has 5 nitrogen and oxygen atoms in total. The molecule has 2 heterocycles. The van der Waals surface area contributed by atoms with E-state index in [9.17, 15) is 13.6 Å². The molecule has 0 N–H and O–H groups in total. The molecule has 2 aliphatic heterocycles. The molecule has 0 aromatic heterocycles. The molecule has 1 amide bonds. The third kappa shape index (κ3) is 3.52. The number of morpholine rings is 1. The van der Waals surface area contributed by atoms with Gasteiger partial charge in [-0.3, -0.25) is 9.69 Å². The highest BCUT2D eigenvalue weighted by Gasteiger charge is 2.42. The van der Waals surface area contributed by atoms with E-state index in [4.69, 9.17) is 9.47 Å². The first-order valence-electron chi connectivity index (χ1n) is 7.65. The summed E-state index contributed by atoms with van der Waals surface area (Å²) in [5.74, 6) is -1.71. The number of benzene rings is 1. The summed E-state index contributed by atoms with van der Waals surface area (Å²) in [5, 5.41) is 0. The van der Waals surface area contributed by atoms with Gasteiger partial charge in [0.1, 0.15) is 6.61 Å². The maximum absolute atomic E-state index is 13.3. The van der Waals surface area contributed by atoms with Crippen LogP contribution in [-0.4, -0.2) is 67.8 Å². The molecule has 0 bridgehead atoms. The van der Waals surface area contributed by atoms with Crippen molar-refractivity contribution in [3.8, 4) is 0 Å². The molecule has 0 radical (unpaired) electrons. The molecule has 1 aromatic carbocycles. The van der Waals surface area contributed by atoms with Gasteiger partial charge < -0.3 is 14.4 Å². The molecule has 1 aromatic rings. The van der Waals surface area contributed by atoms with E-state index in [0.29, 0.717) is 38.3 Å². The van der Waals surface area contributed by atoms with E-state index in [1.165, 1.54) is 6.07 Å². The van der Waals surface area contributed by atoms with Gasteiger partial charge in [-0.2, -0.15) is 0 Å². The largest absolute Gasteiger partial charge is 0.383 e. The van der Waals surface area contributed by atoms with Crippen LogP contribution in [0.25, 0.3) is 0 Å². The van der Waals surface area contributed by atoms with E-state index in [1.807, 2.05) is 4.90 Å². The van der Waals surface area contributed by atoms with Crippen LogP contribution in [0.4, 0.5) is 8.78 Å². The van der Waals surface area contributed by atoms with E-state index >= 15 is 0 Å². The van der Waals surface area contributed by atoms with Gasteiger partial charge in [0.15, 0.2) is 11.6 Å². The normalized spacial score (nSPS) is 25.0. The smallest absolute Gasteiger partial charge is 0.249 e. The average Bonchev–Trinajstić information content (AvgIpc) is 2.93. The molecule has 126 valence electrons. The molecule has 7 heteroatoms. The Morgan fingerprint density at radius 1 is 1.30 bits per heavy atom. The Hall–Kier alpha value is -1.57. The number of ether oxygens (including phenoxy) is 2. The maximum atomic E-state index is 13.3. The number of likely N-dealkylation sites (tertiary alicyclic amines) is 1. The van der Waals surface area contributed by atoms with Gasteiger partial charge in [0.2, 0.25) is 5.91 Å². The molecule has 0 saturated carbocycles. The lowest BCUT2D eigenvalue weighted by molar-refractivity contribution is -0.153. The van der Waals surface area contributed by atoms with E-state index < -0.39 is 11.6 Å². The first-order valence-corrected chi connectivity index (χ1v) is 7.65. The predicted octanol–water partition coefficient (Wildman–Crippen LogP) is 1.02. The van der Waals surface area contributed by atoms with Crippen molar-refractivity contribution in [3.05, 3.63) is 35.4 Å². The molecule has 2 atom stereocenters. The van der Waals surface area contributed by atoms with Crippen molar-refractivity contribution in [1.82, 2.24) is 9.80 Å². The highest BCUT2D eigenvalue weighted by atomic mass is 19.2. The minimum absolute atomic E-state index is 0.0169. The maximum Gasteiger partial charge on any atom is 0.249 e. The number of hydrogen-bond acceptors (Lipinski definition) is 4. The van der Waals surface area contributed by atoms with Crippen LogP contribution in [0, 0.1) is 11.6 Å². The van der Waals surface area contributed by atoms with Gasteiger partial charge >= 0.3 is 0 Å². The summed E-state index contributed by atoms with van der Waals surface area (Å²) in [7, 11) is 1.60. The molecule has 2 fully saturated rings. The van der Waals surface area contributed by atoms with Crippen molar-refractivity contribution in [3.63, 3.8) is 0 Å². The van der Waals surface area contributed by atoms with Gasteiger partial charge in [0.25, 0.3) is 0 Å². The molecule has 2 saturated heterocycles. The molecular formula is C16H20F2N2O3. The van der Waals surface area contributed by atoms with Crippen LogP contribution in [0.5, 0.6) is 0 Å². The van der Waals surface area contributed by atoms with Crippen LogP contribution in [0.3, 0.4) is 0 Å². The van der Waals surface area contributed by atoms with Crippen LogP contribution >= 0.6 is 0 Å². The van der Waals surface area contributed by atoms with Gasteiger partial charge in [-0.25, -0.2) is 8.78 Å². The Labute approximate surface area is 133 Å². The van der Waals surface area contributed by atoms with Crippen LogP contribution in [0.2, 0.25) is 0 Å². The van der Waals surface area contributed by atoms with Crippen molar-refractivity contribution < 1.29 is 23.0 Å². The molecule has 0 unspecified atom stereocenters. The second kappa shape index (κ2) is 6.90. The van der Waals surface area contributed by atoms with E-state index in [2.05, 4.69) is 4.90 Å². The Bertz CT molecular complexity index is 584. The molecule has 0 aliphatic carbocycles. The van der Waals surface area contributed by atoms with Crippen molar-refractivity contribution >= 4 is 5.91 Å². The fourth-order valence-electron chi connectivity index (χ4n) is 3.25. The lowest BCUT2D eigenvalue weighted by Gasteiger charge is -2.36. The average molecular weight is 326 g/mol. The Morgan fingerprint density at radius 2 is 2.13 bits per heavy atom. The Kier molecular flexibility index (Phi) is 4.89. The van der Waals surface area contributed by atoms with E-state index in [1.54, 1.807) is 13.2 Å². The number of carbonyl (C=O) groups excluding carboxylic acids is 1. The minimum atomic E-state index is -0.844. The van der Waals surface area contributed by atoms with Crippen LogP contribution in [-0.2, 0) is 20.8 Å². The molecule has 23 heavy (non-hydrogen) atoms. The fourth-order valence-corrected chi connectivity index (χ4v) is 3.25. The second-order valence-electron chi connectivity index (χ2n) is 5.94. The van der Waals surface area contributed by atoms with E-state index in [-0.39, 0.29) is 24.7 Å². The van der Waals surface area contributed by atoms with Crippen LogP contribution in [0.15, 0.2) is 18.2 Å². The summed E-state index contributed by atoms with van der Waals surface area (Å²) in [6.45, 7) is 2.93. The second-order valence-corrected chi connectivity index (χ2v) is 5.94. The first-order chi connectivity index (χ1) is 11.1. The number of nitrogens with zero attached hydrogens (tertiary/aromatic N) is 2. The van der Waals surface area contributed by atoms with Crippen molar-refractivity contribution in [2.45, 2.75) is 18.7 Å². The van der Waals surface area contributed by atoms with Crippen molar-refractivity contribution in [1.29, 1.82) is 0 Å². The summed E-state index contributed by atoms with van der Waals surface area (Å²) in [4.78, 5) is 15.9. The van der Waals surface area contributed by atoms with Gasteiger partial charge in [-0.15, -0.1) is 0 Å². The van der Waals surface area contributed by atoms with Crippen LogP contribution < -0.4 is 0 Å². The highest BCUT2D eigenvalue weighted by molar-refractivity contribution is 5.78. The van der Waals surface area contributed by atoms with Crippen molar-refractivity contribution in [2.75, 3.05) is 40.0 Å². The Balaban J connectivity index is 1.66.